The number of nitrogens with zero attached hydrogens (tertiary/aromatic N) is 1. The van der Waals surface area contributed by atoms with Crippen molar-refractivity contribution in [2.75, 3.05) is 14.2 Å². The lowest BCUT2D eigenvalue weighted by Crippen LogP contribution is -1.86. The van der Waals surface area contributed by atoms with Crippen molar-refractivity contribution >= 4 is 21.6 Å². The van der Waals surface area contributed by atoms with Crippen molar-refractivity contribution in [2.24, 2.45) is 0 Å². The quantitative estimate of drug-likeness (QED) is 0.478. The van der Waals surface area contributed by atoms with E-state index in [1.807, 2.05) is 24.3 Å². The van der Waals surface area contributed by atoms with Crippen molar-refractivity contribution in [1.82, 2.24) is 4.98 Å². The summed E-state index contributed by atoms with van der Waals surface area (Å²) in [7, 11) is 3.38. The zero-order valence-electron chi connectivity index (χ0n) is 14.0. The molecular formula is C21H17NO2S. The Kier molecular flexibility index (Phi) is 4.12. The van der Waals surface area contributed by atoms with E-state index in [1.54, 1.807) is 31.8 Å². The number of pyridine rings is 1. The van der Waals surface area contributed by atoms with Crippen LogP contribution in [0.15, 0.2) is 66.9 Å². The highest BCUT2D eigenvalue weighted by atomic mass is 32.1. The van der Waals surface area contributed by atoms with Gasteiger partial charge in [-0.05, 0) is 29.3 Å². The first kappa shape index (κ1) is 15.7. The van der Waals surface area contributed by atoms with Gasteiger partial charge in [-0.15, -0.1) is 11.3 Å². The highest BCUT2D eigenvalue weighted by Gasteiger charge is 2.19. The standard InChI is InChI=1S/C21H17NO2S/c1-23-16-10-8-14(9-11-16)18-19-21(17(24-2)12-13-22-19)25-20(18)15-6-4-3-5-7-15/h3-13H,1-2H3. The van der Waals surface area contributed by atoms with E-state index in [2.05, 4.69) is 41.4 Å². The number of fused-ring (bicyclic) bond motifs is 1. The maximum atomic E-state index is 5.55. The van der Waals surface area contributed by atoms with Crippen LogP contribution < -0.4 is 9.47 Å². The van der Waals surface area contributed by atoms with Gasteiger partial charge in [0.2, 0.25) is 0 Å². The van der Waals surface area contributed by atoms with Crippen LogP contribution in [0.1, 0.15) is 0 Å². The van der Waals surface area contributed by atoms with E-state index in [4.69, 9.17) is 9.47 Å². The van der Waals surface area contributed by atoms with Crippen molar-refractivity contribution < 1.29 is 9.47 Å². The molecule has 0 amide bonds. The third kappa shape index (κ3) is 2.75. The molecule has 4 heteroatoms. The molecule has 0 bridgehead atoms. The molecule has 0 aliphatic heterocycles. The van der Waals surface area contributed by atoms with Crippen molar-refractivity contribution in [3.8, 4) is 33.1 Å². The average molecular weight is 347 g/mol. The molecular weight excluding hydrogens is 330 g/mol. The molecule has 2 aromatic carbocycles. The molecule has 0 saturated heterocycles. The van der Waals surface area contributed by atoms with Crippen molar-refractivity contribution in [1.29, 1.82) is 0 Å². The highest BCUT2D eigenvalue weighted by Crippen LogP contribution is 2.46. The summed E-state index contributed by atoms with van der Waals surface area (Å²) in [4.78, 5) is 5.85. The Balaban J connectivity index is 2.02. The summed E-state index contributed by atoms with van der Waals surface area (Å²) in [5.74, 6) is 1.70. The Labute approximate surface area is 150 Å². The Morgan fingerprint density at radius 2 is 1.56 bits per heavy atom. The van der Waals surface area contributed by atoms with Gasteiger partial charge in [0.25, 0.3) is 0 Å². The molecule has 0 spiro atoms. The summed E-state index contributed by atoms with van der Waals surface area (Å²) in [6.45, 7) is 0. The molecule has 0 unspecified atom stereocenters. The predicted octanol–water partition coefficient (Wildman–Crippen LogP) is 5.65. The molecule has 0 aliphatic rings. The van der Waals surface area contributed by atoms with Gasteiger partial charge in [-0.2, -0.15) is 0 Å². The summed E-state index contributed by atoms with van der Waals surface area (Å²) in [5, 5.41) is 0. The number of benzene rings is 2. The lowest BCUT2D eigenvalue weighted by Gasteiger charge is -2.06. The van der Waals surface area contributed by atoms with Gasteiger partial charge < -0.3 is 9.47 Å². The van der Waals surface area contributed by atoms with Crippen LogP contribution in [-0.4, -0.2) is 19.2 Å². The Bertz CT molecular complexity index is 1010. The van der Waals surface area contributed by atoms with E-state index in [-0.39, 0.29) is 0 Å². The summed E-state index contributed by atoms with van der Waals surface area (Å²) >= 11 is 1.71. The van der Waals surface area contributed by atoms with Gasteiger partial charge in [-0.1, -0.05) is 42.5 Å². The number of ether oxygens (including phenoxy) is 2. The first-order valence-electron chi connectivity index (χ1n) is 7.97. The van der Waals surface area contributed by atoms with Gasteiger partial charge in [0.05, 0.1) is 24.4 Å². The Hall–Kier alpha value is -2.85. The van der Waals surface area contributed by atoms with Crippen molar-refractivity contribution in [2.45, 2.75) is 0 Å². The minimum absolute atomic E-state index is 0.843. The Morgan fingerprint density at radius 1 is 0.800 bits per heavy atom. The number of hydrogen-bond donors (Lipinski definition) is 0. The molecule has 0 atom stereocenters. The van der Waals surface area contributed by atoms with E-state index in [0.717, 1.165) is 32.8 Å². The number of thiophene rings is 1. The molecule has 0 N–H and O–H groups in total. The van der Waals surface area contributed by atoms with Crippen LogP contribution in [0.3, 0.4) is 0 Å². The normalized spacial score (nSPS) is 10.8. The van der Waals surface area contributed by atoms with Gasteiger partial charge in [0, 0.05) is 16.6 Å². The second-order valence-corrected chi connectivity index (χ2v) is 6.61. The second kappa shape index (κ2) is 6.57. The van der Waals surface area contributed by atoms with E-state index < -0.39 is 0 Å². The molecule has 2 heterocycles. The van der Waals surface area contributed by atoms with Gasteiger partial charge >= 0.3 is 0 Å². The fraction of sp³-hybridized carbons (Fsp3) is 0.0952. The smallest absolute Gasteiger partial charge is 0.139 e. The summed E-state index contributed by atoms with van der Waals surface area (Å²) < 4.78 is 11.9. The van der Waals surface area contributed by atoms with Crippen LogP contribution >= 0.6 is 11.3 Å². The minimum Gasteiger partial charge on any atom is -0.497 e. The molecule has 4 rings (SSSR count). The van der Waals surface area contributed by atoms with E-state index >= 15 is 0 Å². The van der Waals surface area contributed by atoms with Crippen LogP contribution in [0.5, 0.6) is 11.5 Å². The van der Waals surface area contributed by atoms with Gasteiger partial charge in [-0.3, -0.25) is 4.98 Å². The third-order valence-corrected chi connectivity index (χ3v) is 5.41. The number of methoxy groups -OCH3 is 2. The zero-order chi connectivity index (χ0) is 17.2. The molecule has 124 valence electrons. The molecule has 0 fully saturated rings. The van der Waals surface area contributed by atoms with Crippen molar-refractivity contribution in [3.63, 3.8) is 0 Å². The topological polar surface area (TPSA) is 31.4 Å². The number of hydrogen-bond acceptors (Lipinski definition) is 4. The largest absolute Gasteiger partial charge is 0.497 e. The SMILES string of the molecule is COc1ccc(-c2c(-c3ccccc3)sc3c(OC)ccnc23)cc1. The first-order chi connectivity index (χ1) is 12.3. The maximum Gasteiger partial charge on any atom is 0.139 e. The average Bonchev–Trinajstić information content (AvgIpc) is 3.08. The summed E-state index contributed by atoms with van der Waals surface area (Å²) in [6.07, 6.45) is 1.80. The molecule has 0 aliphatic carbocycles. The summed E-state index contributed by atoms with van der Waals surface area (Å²) in [5.41, 5.74) is 4.39. The van der Waals surface area contributed by atoms with E-state index in [1.165, 1.54) is 10.4 Å². The number of rotatable bonds is 4. The highest BCUT2D eigenvalue weighted by molar-refractivity contribution is 7.23. The fourth-order valence-corrected chi connectivity index (χ4v) is 4.22. The fourth-order valence-electron chi connectivity index (χ4n) is 2.95. The Morgan fingerprint density at radius 3 is 2.24 bits per heavy atom. The van der Waals surface area contributed by atoms with Crippen LogP contribution in [0, 0.1) is 0 Å². The van der Waals surface area contributed by atoms with Gasteiger partial charge in [-0.25, -0.2) is 0 Å². The molecule has 2 aromatic heterocycles. The van der Waals surface area contributed by atoms with Crippen LogP contribution in [0.25, 0.3) is 31.8 Å². The molecule has 0 saturated carbocycles. The molecule has 3 nitrogen and oxygen atoms in total. The van der Waals surface area contributed by atoms with Crippen LogP contribution in [-0.2, 0) is 0 Å². The van der Waals surface area contributed by atoms with Crippen LogP contribution in [0.2, 0.25) is 0 Å². The van der Waals surface area contributed by atoms with E-state index in [9.17, 15) is 0 Å². The third-order valence-electron chi connectivity index (χ3n) is 4.17. The van der Waals surface area contributed by atoms with Gasteiger partial charge in [0.15, 0.2) is 0 Å². The number of aromatic nitrogens is 1. The maximum absolute atomic E-state index is 5.55. The zero-order valence-corrected chi connectivity index (χ0v) is 14.8. The predicted molar refractivity (Wildman–Crippen MR) is 104 cm³/mol. The molecule has 4 aromatic rings. The lowest BCUT2D eigenvalue weighted by atomic mass is 10.0. The monoisotopic (exact) mass is 347 g/mol. The summed E-state index contributed by atoms with van der Waals surface area (Å²) in [6, 6.07) is 20.4. The van der Waals surface area contributed by atoms with Crippen LogP contribution in [0.4, 0.5) is 0 Å². The first-order valence-corrected chi connectivity index (χ1v) is 8.79. The van der Waals surface area contributed by atoms with Gasteiger partial charge in [0.1, 0.15) is 11.5 Å². The lowest BCUT2D eigenvalue weighted by molar-refractivity contribution is 0.415. The van der Waals surface area contributed by atoms with Crippen molar-refractivity contribution in [3.05, 3.63) is 66.9 Å². The van der Waals surface area contributed by atoms with E-state index in [0.29, 0.717) is 0 Å². The second-order valence-electron chi connectivity index (χ2n) is 5.59. The molecule has 25 heavy (non-hydrogen) atoms. The minimum atomic E-state index is 0.843. The molecule has 0 radical (unpaired) electrons.